The minimum atomic E-state index is 0.372. The molecule has 0 aromatic carbocycles. The van der Waals surface area contributed by atoms with Crippen LogP contribution in [0.25, 0.3) is 0 Å². The van der Waals surface area contributed by atoms with Gasteiger partial charge in [0, 0.05) is 12.7 Å². The first-order valence-electron chi connectivity index (χ1n) is 8.05. The van der Waals surface area contributed by atoms with Crippen LogP contribution in [0.15, 0.2) is 6.20 Å². The Morgan fingerprint density at radius 1 is 0.900 bits per heavy atom. The van der Waals surface area contributed by atoms with Crippen molar-refractivity contribution in [1.82, 2.24) is 15.0 Å². The summed E-state index contributed by atoms with van der Waals surface area (Å²) < 4.78 is 2.01. The summed E-state index contributed by atoms with van der Waals surface area (Å²) in [4.78, 5) is 0. The molecule has 0 radical (unpaired) electrons. The lowest BCUT2D eigenvalue weighted by Gasteiger charge is -2.17. The summed E-state index contributed by atoms with van der Waals surface area (Å²) >= 11 is 0. The van der Waals surface area contributed by atoms with Gasteiger partial charge in [0.25, 0.3) is 0 Å². The Hall–Kier alpha value is -0.860. The minimum absolute atomic E-state index is 0.372. The van der Waals surface area contributed by atoms with Gasteiger partial charge in [-0.05, 0) is 36.5 Å². The molecule has 0 aliphatic rings. The Balaban J connectivity index is 2.20. The molecule has 0 fully saturated rings. The first-order valence-corrected chi connectivity index (χ1v) is 8.05. The number of aromatic nitrogens is 3. The Morgan fingerprint density at radius 3 is 2.15 bits per heavy atom. The molecule has 1 heterocycles. The maximum atomic E-state index is 4.27. The first kappa shape index (κ1) is 17.2. The summed E-state index contributed by atoms with van der Waals surface area (Å²) in [6.45, 7) is 14.8. The fraction of sp³-hybridized carbons (Fsp3) is 0.882. The quantitative estimate of drug-likeness (QED) is 0.667. The summed E-state index contributed by atoms with van der Waals surface area (Å²) in [5.74, 6) is 0. The van der Waals surface area contributed by atoms with Gasteiger partial charge in [0.05, 0.1) is 5.69 Å². The van der Waals surface area contributed by atoms with Crippen LogP contribution in [0.3, 0.4) is 0 Å². The Bertz CT molecular complexity index is 380. The van der Waals surface area contributed by atoms with Gasteiger partial charge in [0.15, 0.2) is 0 Å². The van der Waals surface area contributed by atoms with Crippen molar-refractivity contribution in [3.8, 4) is 0 Å². The second-order valence-electron chi connectivity index (χ2n) is 8.40. The van der Waals surface area contributed by atoms with Gasteiger partial charge in [-0.1, -0.05) is 59.6 Å². The Kier molecular flexibility index (Phi) is 6.22. The van der Waals surface area contributed by atoms with E-state index in [1.165, 1.54) is 25.7 Å². The van der Waals surface area contributed by atoms with Crippen molar-refractivity contribution in [2.24, 2.45) is 10.8 Å². The van der Waals surface area contributed by atoms with Crippen molar-refractivity contribution in [2.45, 2.75) is 86.6 Å². The molecule has 3 nitrogen and oxygen atoms in total. The molecule has 1 rings (SSSR count). The lowest BCUT2D eigenvalue weighted by molar-refractivity contribution is 0.354. The van der Waals surface area contributed by atoms with Crippen molar-refractivity contribution in [3.63, 3.8) is 0 Å². The normalized spacial score (nSPS) is 12.9. The van der Waals surface area contributed by atoms with Gasteiger partial charge in [-0.2, -0.15) is 0 Å². The van der Waals surface area contributed by atoms with Crippen LogP contribution < -0.4 is 0 Å². The summed E-state index contributed by atoms with van der Waals surface area (Å²) in [7, 11) is 0. The molecule has 0 aliphatic carbocycles. The Morgan fingerprint density at radius 2 is 1.55 bits per heavy atom. The predicted octanol–water partition coefficient (Wildman–Crippen LogP) is 4.86. The van der Waals surface area contributed by atoms with Gasteiger partial charge in [-0.15, -0.1) is 5.10 Å². The van der Waals surface area contributed by atoms with E-state index < -0.39 is 0 Å². The molecule has 0 saturated carbocycles. The highest BCUT2D eigenvalue weighted by molar-refractivity contribution is 4.93. The average Bonchev–Trinajstić information content (AvgIpc) is 2.71. The standard InChI is InChI=1S/C17H33N3/c1-16(2,3)11-8-7-9-13-20-14-15(18-19-20)10-12-17(4,5)6/h14H,7-13H2,1-6H3. The number of hydrogen-bond acceptors (Lipinski definition) is 2. The van der Waals surface area contributed by atoms with E-state index in [1.54, 1.807) is 0 Å². The molecule has 1 aromatic heterocycles. The predicted molar refractivity (Wildman–Crippen MR) is 85.7 cm³/mol. The van der Waals surface area contributed by atoms with Crippen LogP contribution >= 0.6 is 0 Å². The van der Waals surface area contributed by atoms with Gasteiger partial charge < -0.3 is 0 Å². The van der Waals surface area contributed by atoms with Gasteiger partial charge in [0.2, 0.25) is 0 Å². The van der Waals surface area contributed by atoms with E-state index in [0.29, 0.717) is 10.8 Å². The van der Waals surface area contributed by atoms with Crippen LogP contribution in [-0.2, 0) is 13.0 Å². The number of unbranched alkanes of at least 4 members (excludes halogenated alkanes) is 2. The van der Waals surface area contributed by atoms with E-state index in [0.717, 1.165) is 25.1 Å². The van der Waals surface area contributed by atoms with Crippen molar-refractivity contribution in [3.05, 3.63) is 11.9 Å². The Labute approximate surface area is 125 Å². The summed E-state index contributed by atoms with van der Waals surface area (Å²) in [5.41, 5.74) is 1.97. The summed E-state index contributed by atoms with van der Waals surface area (Å²) in [6, 6.07) is 0. The van der Waals surface area contributed by atoms with E-state index in [9.17, 15) is 0 Å². The third-order valence-electron chi connectivity index (χ3n) is 3.53. The number of nitrogens with zero attached hydrogens (tertiary/aromatic N) is 3. The topological polar surface area (TPSA) is 30.7 Å². The lowest BCUT2D eigenvalue weighted by Crippen LogP contribution is -2.06. The lowest BCUT2D eigenvalue weighted by atomic mass is 9.89. The second-order valence-corrected chi connectivity index (χ2v) is 8.40. The number of rotatable bonds is 7. The highest BCUT2D eigenvalue weighted by Gasteiger charge is 2.12. The highest BCUT2D eigenvalue weighted by Crippen LogP contribution is 2.22. The van der Waals surface area contributed by atoms with Crippen LogP contribution in [-0.4, -0.2) is 15.0 Å². The number of hydrogen-bond donors (Lipinski definition) is 0. The number of aryl methyl sites for hydroxylation is 2. The van der Waals surface area contributed by atoms with Gasteiger partial charge in [-0.3, -0.25) is 4.68 Å². The van der Waals surface area contributed by atoms with Crippen molar-refractivity contribution < 1.29 is 0 Å². The van der Waals surface area contributed by atoms with Crippen molar-refractivity contribution in [2.75, 3.05) is 0 Å². The molecule has 20 heavy (non-hydrogen) atoms. The summed E-state index contributed by atoms with van der Waals surface area (Å²) in [6.07, 6.45) is 9.43. The highest BCUT2D eigenvalue weighted by atomic mass is 15.4. The van der Waals surface area contributed by atoms with Gasteiger partial charge >= 0.3 is 0 Å². The van der Waals surface area contributed by atoms with Crippen LogP contribution in [0, 0.1) is 10.8 Å². The molecule has 0 atom stereocenters. The monoisotopic (exact) mass is 279 g/mol. The molecule has 0 spiro atoms. The zero-order valence-electron chi connectivity index (χ0n) is 14.4. The van der Waals surface area contributed by atoms with Crippen LogP contribution in [0.4, 0.5) is 0 Å². The molecular formula is C17H33N3. The molecule has 1 aromatic rings. The maximum Gasteiger partial charge on any atom is 0.0827 e. The first-order chi connectivity index (χ1) is 9.16. The van der Waals surface area contributed by atoms with E-state index in [-0.39, 0.29) is 0 Å². The van der Waals surface area contributed by atoms with Gasteiger partial charge in [-0.25, -0.2) is 0 Å². The minimum Gasteiger partial charge on any atom is -0.252 e. The molecular weight excluding hydrogens is 246 g/mol. The third kappa shape index (κ3) is 8.34. The fourth-order valence-electron chi connectivity index (χ4n) is 2.17. The molecule has 0 aliphatic heterocycles. The molecule has 3 heteroatoms. The molecule has 0 amide bonds. The third-order valence-corrected chi connectivity index (χ3v) is 3.53. The fourth-order valence-corrected chi connectivity index (χ4v) is 2.17. The molecule has 0 N–H and O–H groups in total. The molecule has 116 valence electrons. The van der Waals surface area contributed by atoms with E-state index >= 15 is 0 Å². The molecule has 0 bridgehead atoms. The van der Waals surface area contributed by atoms with Crippen LogP contribution in [0.5, 0.6) is 0 Å². The van der Waals surface area contributed by atoms with E-state index in [1.807, 2.05) is 4.68 Å². The zero-order chi connectivity index (χ0) is 15.2. The maximum absolute atomic E-state index is 4.27. The zero-order valence-corrected chi connectivity index (χ0v) is 14.4. The smallest absolute Gasteiger partial charge is 0.0827 e. The van der Waals surface area contributed by atoms with E-state index in [2.05, 4.69) is 58.1 Å². The SMILES string of the molecule is CC(C)(C)CCCCCn1cc(CCC(C)(C)C)nn1. The van der Waals surface area contributed by atoms with Crippen molar-refractivity contribution >= 4 is 0 Å². The van der Waals surface area contributed by atoms with Gasteiger partial charge in [0.1, 0.15) is 0 Å². The molecule has 0 saturated heterocycles. The van der Waals surface area contributed by atoms with Crippen LogP contribution in [0.1, 0.15) is 79.3 Å². The largest absolute Gasteiger partial charge is 0.252 e. The second kappa shape index (κ2) is 7.24. The van der Waals surface area contributed by atoms with E-state index in [4.69, 9.17) is 0 Å². The average molecular weight is 279 g/mol. The molecule has 0 unspecified atom stereocenters. The van der Waals surface area contributed by atoms with Crippen LogP contribution in [0.2, 0.25) is 0 Å². The van der Waals surface area contributed by atoms with Crippen molar-refractivity contribution in [1.29, 1.82) is 0 Å². The summed E-state index contributed by atoms with van der Waals surface area (Å²) in [5, 5.41) is 8.50.